The van der Waals surface area contributed by atoms with Gasteiger partial charge >= 0.3 is 0 Å². The van der Waals surface area contributed by atoms with Gasteiger partial charge in [-0.1, -0.05) is 0 Å². The van der Waals surface area contributed by atoms with Gasteiger partial charge in [0.25, 0.3) is 0 Å². The number of ketones is 2. The summed E-state index contributed by atoms with van der Waals surface area (Å²) in [6.07, 6.45) is 1.82. The number of Topliss-reactive ketones (excluding diaryl/α,β-unsaturated/α-hetero) is 2. The van der Waals surface area contributed by atoms with Gasteiger partial charge in [-0.25, -0.2) is 0 Å². The predicted molar refractivity (Wildman–Crippen MR) is 80.2 cm³/mol. The molecular weight excluding hydrogens is 300 g/mol. The van der Waals surface area contributed by atoms with E-state index in [9.17, 15) is 24.9 Å². The van der Waals surface area contributed by atoms with Gasteiger partial charge in [-0.3, -0.25) is 9.59 Å². The number of carbonyl (C=O) groups excluding carboxylic acids is 2. The highest BCUT2D eigenvalue weighted by Crippen LogP contribution is 2.41. The Kier molecular flexibility index (Phi) is 3.49. The lowest BCUT2D eigenvalue weighted by molar-refractivity contribution is 0.0750. The number of ether oxygens (including phenoxy) is 1. The second kappa shape index (κ2) is 5.24. The van der Waals surface area contributed by atoms with Crippen molar-refractivity contribution in [1.29, 1.82) is 0 Å². The summed E-state index contributed by atoms with van der Waals surface area (Å²) >= 11 is 0. The molecule has 0 aliphatic heterocycles. The number of rotatable bonds is 2. The monoisotopic (exact) mass is 316 g/mol. The van der Waals surface area contributed by atoms with Crippen LogP contribution in [0.1, 0.15) is 39.3 Å². The van der Waals surface area contributed by atoms with E-state index in [1.807, 2.05) is 0 Å². The fourth-order valence-electron chi connectivity index (χ4n) is 3.09. The van der Waals surface area contributed by atoms with Gasteiger partial charge in [-0.2, -0.15) is 0 Å². The van der Waals surface area contributed by atoms with Crippen LogP contribution in [-0.2, 0) is 4.74 Å². The van der Waals surface area contributed by atoms with E-state index in [0.717, 1.165) is 0 Å². The Balaban J connectivity index is 2.19. The van der Waals surface area contributed by atoms with Crippen LogP contribution in [0, 0.1) is 11.8 Å². The van der Waals surface area contributed by atoms with Crippen LogP contribution >= 0.6 is 0 Å². The number of aliphatic hydroxyl groups excluding tert-OH is 2. The highest BCUT2D eigenvalue weighted by Gasteiger charge is 2.45. The standard InChI is InChI=1S/C17H16O6/c1-7(18)9-5-10-11(6-13(9)19)16(21)12-3-8(23-2)4-14(20)15(12)17(10)22/h3-7,12,15,18-20H,1-2H3/t7-,12-,15-/m0/s1. The van der Waals surface area contributed by atoms with Crippen molar-refractivity contribution in [2.45, 2.75) is 13.0 Å². The lowest BCUT2D eigenvalue weighted by Crippen LogP contribution is -2.38. The first-order valence-electron chi connectivity index (χ1n) is 7.15. The minimum Gasteiger partial charge on any atom is -0.511 e. The van der Waals surface area contributed by atoms with Crippen LogP contribution < -0.4 is 0 Å². The van der Waals surface area contributed by atoms with Crippen LogP contribution in [-0.4, -0.2) is 34.0 Å². The first kappa shape index (κ1) is 15.3. The van der Waals surface area contributed by atoms with Gasteiger partial charge in [-0.15, -0.1) is 0 Å². The molecule has 23 heavy (non-hydrogen) atoms. The Morgan fingerprint density at radius 2 is 1.78 bits per heavy atom. The number of aliphatic hydroxyl groups is 2. The van der Waals surface area contributed by atoms with E-state index in [-0.39, 0.29) is 34.0 Å². The molecule has 120 valence electrons. The third kappa shape index (κ3) is 2.22. The first-order valence-corrected chi connectivity index (χ1v) is 7.15. The SMILES string of the molecule is COC1=C[C@@H]2C(=O)c3cc(O)c([C@H](C)O)cc3C(=O)[C@@H]2C(O)=C1. The number of hydrogen-bond donors (Lipinski definition) is 3. The van der Waals surface area contributed by atoms with E-state index in [2.05, 4.69) is 0 Å². The summed E-state index contributed by atoms with van der Waals surface area (Å²) in [6, 6.07) is 2.51. The summed E-state index contributed by atoms with van der Waals surface area (Å²) in [5.41, 5.74) is 0.342. The molecule has 3 rings (SSSR count). The van der Waals surface area contributed by atoms with Crippen molar-refractivity contribution in [2.75, 3.05) is 7.11 Å². The molecular formula is C17H16O6. The fraction of sp³-hybridized carbons (Fsp3) is 0.294. The fourth-order valence-corrected chi connectivity index (χ4v) is 3.09. The van der Waals surface area contributed by atoms with Gasteiger partial charge in [0, 0.05) is 22.8 Å². The molecule has 3 atom stereocenters. The van der Waals surface area contributed by atoms with E-state index < -0.39 is 23.7 Å². The van der Waals surface area contributed by atoms with Crippen molar-refractivity contribution in [3.8, 4) is 5.75 Å². The molecule has 0 radical (unpaired) electrons. The van der Waals surface area contributed by atoms with E-state index in [0.29, 0.717) is 5.76 Å². The molecule has 0 bridgehead atoms. The van der Waals surface area contributed by atoms with Crippen molar-refractivity contribution in [2.24, 2.45) is 11.8 Å². The highest BCUT2D eigenvalue weighted by molar-refractivity contribution is 6.18. The van der Waals surface area contributed by atoms with Crippen molar-refractivity contribution in [1.82, 2.24) is 0 Å². The van der Waals surface area contributed by atoms with Crippen LogP contribution in [0.25, 0.3) is 0 Å². The largest absolute Gasteiger partial charge is 0.511 e. The molecule has 1 aromatic rings. The van der Waals surface area contributed by atoms with Crippen LogP contribution in [0.3, 0.4) is 0 Å². The molecule has 0 fully saturated rings. The number of phenols is 1. The molecule has 0 unspecified atom stereocenters. The van der Waals surface area contributed by atoms with Crippen LogP contribution in [0.15, 0.2) is 35.8 Å². The van der Waals surface area contributed by atoms with Gasteiger partial charge in [0.2, 0.25) is 0 Å². The molecule has 0 amide bonds. The Morgan fingerprint density at radius 1 is 1.13 bits per heavy atom. The number of allylic oxidation sites excluding steroid dienone is 3. The first-order chi connectivity index (χ1) is 10.8. The average Bonchev–Trinajstić information content (AvgIpc) is 2.51. The number of benzene rings is 1. The molecule has 0 spiro atoms. The maximum Gasteiger partial charge on any atom is 0.175 e. The topological polar surface area (TPSA) is 104 Å². The van der Waals surface area contributed by atoms with Crippen LogP contribution in [0.2, 0.25) is 0 Å². The van der Waals surface area contributed by atoms with Gasteiger partial charge in [-0.05, 0) is 25.1 Å². The lowest BCUT2D eigenvalue weighted by Gasteiger charge is -2.31. The molecule has 2 aliphatic carbocycles. The van der Waals surface area contributed by atoms with Crippen molar-refractivity contribution < 1.29 is 29.6 Å². The van der Waals surface area contributed by atoms with E-state index in [1.165, 1.54) is 38.3 Å². The predicted octanol–water partition coefficient (Wildman–Crippen LogP) is 2.04. The summed E-state index contributed by atoms with van der Waals surface area (Å²) in [4.78, 5) is 25.4. The van der Waals surface area contributed by atoms with E-state index in [1.54, 1.807) is 0 Å². The zero-order chi connectivity index (χ0) is 16.9. The third-order valence-electron chi connectivity index (χ3n) is 4.28. The van der Waals surface area contributed by atoms with Gasteiger partial charge < -0.3 is 20.1 Å². The normalized spacial score (nSPS) is 24.3. The molecule has 1 aromatic carbocycles. The molecule has 0 aromatic heterocycles. The van der Waals surface area contributed by atoms with Gasteiger partial charge in [0.15, 0.2) is 11.6 Å². The number of carbonyl (C=O) groups is 2. The van der Waals surface area contributed by atoms with Crippen molar-refractivity contribution in [3.63, 3.8) is 0 Å². The Hall–Kier alpha value is -2.60. The minimum atomic E-state index is -1.000. The smallest absolute Gasteiger partial charge is 0.175 e. The number of phenolic OH excluding ortho intramolecular Hbond substituents is 1. The van der Waals surface area contributed by atoms with Crippen molar-refractivity contribution in [3.05, 3.63) is 52.5 Å². The molecule has 3 N–H and O–H groups in total. The number of aromatic hydroxyl groups is 1. The molecule has 0 saturated carbocycles. The summed E-state index contributed by atoms with van der Waals surface area (Å²) in [5.74, 6) is -2.85. The summed E-state index contributed by atoms with van der Waals surface area (Å²) in [7, 11) is 1.40. The maximum atomic E-state index is 12.7. The minimum absolute atomic E-state index is 0.0829. The Bertz CT molecular complexity index is 772. The third-order valence-corrected chi connectivity index (χ3v) is 4.28. The second-order valence-corrected chi connectivity index (χ2v) is 5.71. The van der Waals surface area contributed by atoms with Gasteiger partial charge in [0.1, 0.15) is 17.3 Å². The molecule has 2 aliphatic rings. The zero-order valence-corrected chi connectivity index (χ0v) is 12.6. The summed E-state index contributed by atoms with van der Waals surface area (Å²) < 4.78 is 5.04. The highest BCUT2D eigenvalue weighted by atomic mass is 16.5. The summed E-state index contributed by atoms with van der Waals surface area (Å²) in [5, 5.41) is 29.8. The molecule has 6 heteroatoms. The Labute approximate surface area is 132 Å². The molecule has 0 saturated heterocycles. The van der Waals surface area contributed by atoms with Crippen LogP contribution in [0.4, 0.5) is 0 Å². The van der Waals surface area contributed by atoms with Gasteiger partial charge in [0.05, 0.1) is 25.0 Å². The number of fused-ring (bicyclic) bond motifs is 2. The second-order valence-electron chi connectivity index (χ2n) is 5.71. The van der Waals surface area contributed by atoms with E-state index in [4.69, 9.17) is 4.74 Å². The average molecular weight is 316 g/mol. The number of methoxy groups -OCH3 is 1. The zero-order valence-electron chi connectivity index (χ0n) is 12.6. The quantitative estimate of drug-likeness (QED) is 0.771. The Morgan fingerprint density at radius 3 is 2.39 bits per heavy atom. The molecule has 0 heterocycles. The lowest BCUT2D eigenvalue weighted by atomic mass is 9.70. The van der Waals surface area contributed by atoms with Crippen LogP contribution in [0.5, 0.6) is 5.75 Å². The number of hydrogen-bond acceptors (Lipinski definition) is 6. The molecule has 6 nitrogen and oxygen atoms in total. The van der Waals surface area contributed by atoms with Crippen molar-refractivity contribution >= 4 is 11.6 Å². The summed E-state index contributed by atoms with van der Waals surface area (Å²) in [6.45, 7) is 1.45. The van der Waals surface area contributed by atoms with E-state index >= 15 is 0 Å². The maximum absolute atomic E-state index is 12.7.